The maximum absolute atomic E-state index is 11.6. The summed E-state index contributed by atoms with van der Waals surface area (Å²) in [7, 11) is 0. The molecular weight excluding hydrogens is 342 g/mol. The molecule has 4 N–H and O–H groups in total. The standard InChI is InChI=1S/C17H25BrN3O/c1-17(2,3)12-5-7-13(8-6-12)20-15-10-11(16(22)21-19)4-9-14(15)18/h4,9-10,13,20H,5-8,19H2,1-3H3,(H,21,22). The summed E-state index contributed by atoms with van der Waals surface area (Å²) in [6.45, 7) is 6.88. The van der Waals surface area contributed by atoms with Crippen molar-refractivity contribution in [3.63, 3.8) is 0 Å². The zero-order valence-corrected chi connectivity index (χ0v) is 15.1. The molecule has 0 atom stereocenters. The molecular formula is C17H25BrN3O. The highest BCUT2D eigenvalue weighted by Crippen LogP contribution is 2.40. The third-order valence-electron chi connectivity index (χ3n) is 4.37. The van der Waals surface area contributed by atoms with Crippen molar-refractivity contribution in [3.05, 3.63) is 34.2 Å². The number of carbonyl (C=O) groups is 1. The first-order valence-corrected chi connectivity index (χ1v) is 8.53. The molecule has 0 aromatic heterocycles. The molecule has 1 aliphatic rings. The lowest BCUT2D eigenvalue weighted by molar-refractivity contribution is 0.0953. The molecule has 1 amide bonds. The van der Waals surface area contributed by atoms with E-state index in [1.165, 1.54) is 12.8 Å². The van der Waals surface area contributed by atoms with E-state index in [0.717, 1.165) is 23.0 Å². The van der Waals surface area contributed by atoms with E-state index in [1.54, 1.807) is 12.0 Å². The monoisotopic (exact) mass is 366 g/mol. The molecule has 0 spiro atoms. The van der Waals surface area contributed by atoms with Gasteiger partial charge in [0.1, 0.15) is 0 Å². The Morgan fingerprint density at radius 3 is 2.45 bits per heavy atom. The van der Waals surface area contributed by atoms with Crippen LogP contribution in [0, 0.1) is 11.3 Å². The van der Waals surface area contributed by atoms with Gasteiger partial charge < -0.3 is 5.32 Å². The van der Waals surface area contributed by atoms with Crippen molar-refractivity contribution < 1.29 is 4.79 Å². The van der Waals surface area contributed by atoms with Crippen molar-refractivity contribution in [3.8, 4) is 0 Å². The molecule has 0 unspecified atom stereocenters. The molecule has 1 fully saturated rings. The molecule has 0 saturated heterocycles. The number of carbonyl (C=O) groups excluding carboxylic acids is 1. The second-order valence-electron chi connectivity index (χ2n) is 6.94. The number of nitrogens with two attached hydrogens (primary N) is 1. The van der Waals surface area contributed by atoms with Crippen molar-refractivity contribution in [1.82, 2.24) is 5.43 Å². The van der Waals surface area contributed by atoms with E-state index >= 15 is 0 Å². The Kier molecular flexibility index (Phi) is 5.50. The minimum atomic E-state index is -0.275. The minimum Gasteiger partial charge on any atom is -0.381 e. The van der Waals surface area contributed by atoms with Crippen LogP contribution < -0.4 is 16.6 Å². The van der Waals surface area contributed by atoms with Gasteiger partial charge in [0.15, 0.2) is 0 Å². The fourth-order valence-electron chi connectivity index (χ4n) is 2.94. The van der Waals surface area contributed by atoms with Crippen LogP contribution in [0.15, 0.2) is 22.7 Å². The molecule has 22 heavy (non-hydrogen) atoms. The SMILES string of the molecule is CC(C)(C)[C]1CCC(Nc2cc(C(=O)NN)ccc2Br)CC1. The summed E-state index contributed by atoms with van der Waals surface area (Å²) < 4.78 is 0.965. The number of hydrazine groups is 1. The fraction of sp³-hybridized carbons (Fsp3) is 0.529. The summed E-state index contributed by atoms with van der Waals surface area (Å²) >= 11 is 3.54. The lowest BCUT2D eigenvalue weighted by atomic mass is 9.71. The van der Waals surface area contributed by atoms with E-state index in [2.05, 4.69) is 47.4 Å². The van der Waals surface area contributed by atoms with Gasteiger partial charge in [-0.05, 0) is 71.1 Å². The van der Waals surface area contributed by atoms with Crippen molar-refractivity contribution in [2.75, 3.05) is 5.32 Å². The first kappa shape index (κ1) is 17.3. The number of amides is 1. The highest BCUT2D eigenvalue weighted by atomic mass is 79.9. The second kappa shape index (κ2) is 7.01. The average Bonchev–Trinajstić information content (AvgIpc) is 2.48. The number of benzene rings is 1. The quantitative estimate of drug-likeness (QED) is 0.429. The Morgan fingerprint density at radius 1 is 1.27 bits per heavy atom. The third-order valence-corrected chi connectivity index (χ3v) is 5.06. The van der Waals surface area contributed by atoms with Crippen molar-refractivity contribution >= 4 is 27.5 Å². The third kappa shape index (κ3) is 4.23. The van der Waals surface area contributed by atoms with Crippen molar-refractivity contribution in [2.45, 2.75) is 52.5 Å². The highest BCUT2D eigenvalue weighted by molar-refractivity contribution is 9.10. The van der Waals surface area contributed by atoms with Gasteiger partial charge in [0.2, 0.25) is 0 Å². The number of nitrogen functional groups attached to an aromatic ring is 1. The molecule has 0 bridgehead atoms. The lowest BCUT2D eigenvalue weighted by Gasteiger charge is -2.37. The van der Waals surface area contributed by atoms with Crippen LogP contribution in [0.5, 0.6) is 0 Å². The van der Waals surface area contributed by atoms with Crippen molar-refractivity contribution in [1.29, 1.82) is 0 Å². The Labute approximate surface area is 141 Å². The smallest absolute Gasteiger partial charge is 0.265 e. The first-order valence-electron chi connectivity index (χ1n) is 7.73. The van der Waals surface area contributed by atoms with E-state index in [9.17, 15) is 4.79 Å². The van der Waals surface area contributed by atoms with Gasteiger partial charge in [0.25, 0.3) is 5.91 Å². The Hall–Kier alpha value is -1.07. The second-order valence-corrected chi connectivity index (χ2v) is 7.79. The van der Waals surface area contributed by atoms with Crippen LogP contribution in [0.3, 0.4) is 0 Å². The van der Waals surface area contributed by atoms with Gasteiger partial charge in [-0.2, -0.15) is 0 Å². The number of halogens is 1. The molecule has 2 rings (SSSR count). The molecule has 5 heteroatoms. The molecule has 1 radical (unpaired) electrons. The Bertz CT molecular complexity index is 531. The molecule has 0 heterocycles. The number of rotatable bonds is 3. The van der Waals surface area contributed by atoms with Crippen LogP contribution in [-0.2, 0) is 0 Å². The van der Waals surface area contributed by atoms with E-state index in [1.807, 2.05) is 12.1 Å². The van der Waals surface area contributed by atoms with E-state index in [4.69, 9.17) is 5.84 Å². The topological polar surface area (TPSA) is 67.2 Å². The largest absolute Gasteiger partial charge is 0.381 e. The van der Waals surface area contributed by atoms with Crippen LogP contribution in [0.25, 0.3) is 0 Å². The summed E-state index contributed by atoms with van der Waals surface area (Å²) in [6.07, 6.45) is 4.60. The van der Waals surface area contributed by atoms with Crippen LogP contribution in [0.1, 0.15) is 56.8 Å². The molecule has 4 nitrogen and oxygen atoms in total. The van der Waals surface area contributed by atoms with Crippen LogP contribution in [0.2, 0.25) is 0 Å². The normalized spacial score (nSPS) is 17.3. The van der Waals surface area contributed by atoms with Gasteiger partial charge in [-0.25, -0.2) is 5.84 Å². The summed E-state index contributed by atoms with van der Waals surface area (Å²) in [5.74, 6) is 6.58. The molecule has 1 aliphatic carbocycles. The number of hydrogen-bond donors (Lipinski definition) is 3. The molecule has 1 saturated carbocycles. The summed E-state index contributed by atoms with van der Waals surface area (Å²) in [4.78, 5) is 11.6. The number of anilines is 1. The van der Waals surface area contributed by atoms with Crippen LogP contribution in [0.4, 0.5) is 5.69 Å². The first-order chi connectivity index (χ1) is 10.3. The molecule has 1 aromatic rings. The summed E-state index contributed by atoms with van der Waals surface area (Å²) in [5.41, 5.74) is 3.99. The zero-order valence-electron chi connectivity index (χ0n) is 13.5. The number of nitrogens with one attached hydrogen (secondary N) is 2. The van der Waals surface area contributed by atoms with Gasteiger partial charge in [-0.3, -0.25) is 10.2 Å². The van der Waals surface area contributed by atoms with Gasteiger partial charge in [0, 0.05) is 21.8 Å². The van der Waals surface area contributed by atoms with E-state index in [0.29, 0.717) is 17.0 Å². The fourth-order valence-corrected chi connectivity index (χ4v) is 3.30. The van der Waals surface area contributed by atoms with Gasteiger partial charge in [0.05, 0.1) is 0 Å². The zero-order chi connectivity index (χ0) is 16.3. The lowest BCUT2D eigenvalue weighted by Crippen LogP contribution is -2.31. The molecule has 1 aromatic carbocycles. The maximum atomic E-state index is 11.6. The van der Waals surface area contributed by atoms with E-state index < -0.39 is 0 Å². The van der Waals surface area contributed by atoms with Crippen LogP contribution in [-0.4, -0.2) is 11.9 Å². The van der Waals surface area contributed by atoms with E-state index in [-0.39, 0.29) is 5.91 Å². The predicted molar refractivity (Wildman–Crippen MR) is 94.4 cm³/mol. The maximum Gasteiger partial charge on any atom is 0.265 e. The number of hydrogen-bond acceptors (Lipinski definition) is 3. The van der Waals surface area contributed by atoms with Gasteiger partial charge in [-0.1, -0.05) is 20.8 Å². The van der Waals surface area contributed by atoms with Crippen LogP contribution >= 0.6 is 15.9 Å². The Morgan fingerprint density at radius 2 is 1.91 bits per heavy atom. The van der Waals surface area contributed by atoms with Gasteiger partial charge >= 0.3 is 0 Å². The predicted octanol–water partition coefficient (Wildman–Crippen LogP) is 4.03. The van der Waals surface area contributed by atoms with Gasteiger partial charge in [-0.15, -0.1) is 0 Å². The summed E-state index contributed by atoms with van der Waals surface area (Å²) in [6, 6.07) is 5.92. The summed E-state index contributed by atoms with van der Waals surface area (Å²) in [5, 5.41) is 3.56. The minimum absolute atomic E-state index is 0.275. The molecule has 121 valence electrons. The highest BCUT2D eigenvalue weighted by Gasteiger charge is 2.30. The Balaban J connectivity index is 2.01. The van der Waals surface area contributed by atoms with Crippen molar-refractivity contribution in [2.24, 2.45) is 11.3 Å². The molecule has 0 aliphatic heterocycles. The average molecular weight is 367 g/mol.